The maximum atomic E-state index is 14.9. The average molecular weight is 405 g/mol. The van der Waals surface area contributed by atoms with Gasteiger partial charge in [-0.3, -0.25) is 4.79 Å². The van der Waals surface area contributed by atoms with Crippen LogP contribution < -0.4 is 15.1 Å². The number of hydrogen-bond acceptors (Lipinski definition) is 4. The van der Waals surface area contributed by atoms with Crippen molar-refractivity contribution in [1.82, 2.24) is 4.59 Å². The average Bonchev–Trinajstić information content (AvgIpc) is 3.14. The Hall–Kier alpha value is -3.71. The van der Waals surface area contributed by atoms with Gasteiger partial charge in [-0.15, -0.1) is 4.59 Å². The number of primary amides is 1. The van der Waals surface area contributed by atoms with Crippen LogP contribution in [0.4, 0.5) is 28.9 Å². The predicted molar refractivity (Wildman–Crippen MR) is 96.7 cm³/mol. The minimum atomic E-state index is -4.78. The van der Waals surface area contributed by atoms with Crippen LogP contribution in [0, 0.1) is 17.1 Å². The van der Waals surface area contributed by atoms with Crippen molar-refractivity contribution in [2.45, 2.75) is 6.18 Å². The van der Waals surface area contributed by atoms with E-state index >= 15 is 0 Å². The second kappa shape index (κ2) is 7.03. The van der Waals surface area contributed by atoms with Gasteiger partial charge in [0.1, 0.15) is 18.0 Å². The van der Waals surface area contributed by atoms with Crippen molar-refractivity contribution in [1.29, 1.82) is 5.26 Å². The van der Waals surface area contributed by atoms with Gasteiger partial charge in [-0.2, -0.15) is 18.4 Å². The highest BCUT2D eigenvalue weighted by Crippen LogP contribution is 2.43. The number of amides is 1. The molecule has 148 valence electrons. The van der Waals surface area contributed by atoms with Gasteiger partial charge in [0, 0.05) is 24.3 Å². The zero-order valence-electron chi connectivity index (χ0n) is 14.9. The molecule has 0 saturated carbocycles. The summed E-state index contributed by atoms with van der Waals surface area (Å²) in [5, 5.41) is 12.8. The molecule has 0 aliphatic carbocycles. The second-order valence-electron chi connectivity index (χ2n) is 6.01. The van der Waals surface area contributed by atoms with Gasteiger partial charge >= 0.3 is 6.18 Å². The van der Waals surface area contributed by atoms with E-state index in [2.05, 4.69) is 5.10 Å². The minimum Gasteiger partial charge on any atom is -0.497 e. The van der Waals surface area contributed by atoms with Gasteiger partial charge < -0.3 is 10.5 Å². The predicted octanol–water partition coefficient (Wildman–Crippen LogP) is 3.89. The molecule has 1 heterocycles. The molecule has 29 heavy (non-hydrogen) atoms. The Labute approximate surface area is 162 Å². The van der Waals surface area contributed by atoms with E-state index in [1.54, 1.807) is 6.07 Å². The molecule has 1 amide bonds. The normalized spacial score (nSPS) is 18.3. The lowest BCUT2D eigenvalue weighted by Crippen LogP contribution is -2.33. The molecule has 0 aromatic heterocycles. The van der Waals surface area contributed by atoms with E-state index in [9.17, 15) is 22.4 Å². The van der Waals surface area contributed by atoms with Gasteiger partial charge in [-0.25, -0.2) is 4.39 Å². The van der Waals surface area contributed by atoms with Crippen LogP contribution in [0.2, 0.25) is 0 Å². The largest absolute Gasteiger partial charge is 0.497 e. The molecule has 1 unspecified atom stereocenters. The van der Waals surface area contributed by atoms with E-state index in [1.165, 1.54) is 31.4 Å². The van der Waals surface area contributed by atoms with Crippen molar-refractivity contribution < 1.29 is 27.1 Å². The number of nitriles is 1. The number of carbonyl (C=O) groups excluding carboxylic acids is 1. The Kier molecular flexibility index (Phi) is 4.86. The Balaban J connectivity index is 2.33. The fourth-order valence-corrected chi connectivity index (χ4v) is 2.91. The van der Waals surface area contributed by atoms with E-state index in [0.29, 0.717) is 11.8 Å². The van der Waals surface area contributed by atoms with Crippen molar-refractivity contribution in [3.63, 3.8) is 0 Å². The van der Waals surface area contributed by atoms with Crippen LogP contribution >= 0.6 is 0 Å². The first kappa shape index (κ1) is 20.0. The van der Waals surface area contributed by atoms with Gasteiger partial charge in [0.2, 0.25) is 17.3 Å². The third kappa shape index (κ3) is 3.43. The highest BCUT2D eigenvalue weighted by Gasteiger charge is 2.47. The molecular formula is C19H13F4N4O2+. The van der Waals surface area contributed by atoms with Gasteiger partial charge in [0.05, 0.1) is 18.2 Å². The lowest BCUT2D eigenvalue weighted by Gasteiger charge is -2.26. The Morgan fingerprint density at radius 2 is 1.90 bits per heavy atom. The number of nitrogens with two attached hydrogens (primary N) is 1. The van der Waals surface area contributed by atoms with Crippen LogP contribution in [0.1, 0.15) is 15.9 Å². The zero-order valence-corrected chi connectivity index (χ0v) is 14.9. The van der Waals surface area contributed by atoms with Crippen LogP contribution in [-0.2, 0) is 0 Å². The summed E-state index contributed by atoms with van der Waals surface area (Å²) < 4.78 is 58.7. The van der Waals surface area contributed by atoms with Gasteiger partial charge in [-0.05, 0) is 18.2 Å². The molecule has 1 aliphatic heterocycles. The summed E-state index contributed by atoms with van der Waals surface area (Å²) in [4.78, 5) is 11.7. The number of hydrogen-bond donors (Lipinski definition) is 1. The molecule has 1 aliphatic rings. The van der Waals surface area contributed by atoms with Crippen LogP contribution in [0.15, 0.2) is 53.8 Å². The van der Waals surface area contributed by atoms with Gasteiger partial charge in [0.25, 0.3) is 0 Å². The highest BCUT2D eigenvalue weighted by molar-refractivity contribution is 6.03. The third-order valence-electron chi connectivity index (χ3n) is 4.31. The molecule has 2 aromatic carbocycles. The second-order valence-corrected chi connectivity index (χ2v) is 6.01. The number of rotatable bonds is 4. The first-order valence-electron chi connectivity index (χ1n) is 8.06. The number of nitrogens with zero attached hydrogens (tertiary/aromatic N) is 3. The number of allylic oxidation sites excluding steroid dienone is 1. The summed E-state index contributed by atoms with van der Waals surface area (Å²) in [5.41, 5.74) is 3.08. The molecule has 6 nitrogen and oxygen atoms in total. The van der Waals surface area contributed by atoms with Crippen LogP contribution in [0.25, 0.3) is 0 Å². The molecule has 0 saturated heterocycles. The van der Waals surface area contributed by atoms with E-state index < -0.39 is 33.9 Å². The molecule has 0 radical (unpaired) electrons. The smallest absolute Gasteiger partial charge is 0.438 e. The minimum absolute atomic E-state index is 0.139. The lowest BCUT2D eigenvalue weighted by molar-refractivity contribution is -0.0580. The fourth-order valence-electron chi connectivity index (χ4n) is 2.91. The molecular weight excluding hydrogens is 392 g/mol. The number of halogens is 4. The van der Waals surface area contributed by atoms with Crippen molar-refractivity contribution in [3.8, 4) is 11.8 Å². The van der Waals surface area contributed by atoms with Crippen LogP contribution in [0.3, 0.4) is 0 Å². The Morgan fingerprint density at radius 1 is 1.24 bits per heavy atom. The number of quaternary nitrogens is 1. The standard InChI is InChI=1S/C19H12F4N4O2/c1-29-13-4-2-12(3-5-13)27(7-6-17(26-27)19(21,22)23)16-9-14(18(25)28)11(10-24)8-15(16)20/h2-9H,1H3,(H-,25,28)/p+1. The SMILES string of the molecule is COc1ccc([N+]2(c3cc(C(N)=O)c(C#N)cc3F)C=CC(C(F)(F)F)=N2)cc1. The van der Waals surface area contributed by atoms with Crippen molar-refractivity contribution >= 4 is 23.0 Å². The molecule has 1 atom stereocenters. The summed E-state index contributed by atoms with van der Waals surface area (Å²) >= 11 is 0. The molecule has 2 N–H and O–H groups in total. The first-order chi connectivity index (χ1) is 13.6. The fraction of sp³-hybridized carbons (Fsp3) is 0.105. The first-order valence-corrected chi connectivity index (χ1v) is 8.06. The summed E-state index contributed by atoms with van der Waals surface area (Å²) in [6, 6.07) is 9.09. The summed E-state index contributed by atoms with van der Waals surface area (Å²) in [5.74, 6) is -1.63. The number of ether oxygens (including phenoxy) is 1. The number of carbonyl (C=O) groups is 1. The number of alkyl halides is 3. The van der Waals surface area contributed by atoms with Gasteiger partial charge in [-0.1, -0.05) is 5.10 Å². The summed E-state index contributed by atoms with van der Waals surface area (Å²) in [7, 11) is 1.41. The highest BCUT2D eigenvalue weighted by atomic mass is 19.4. The molecule has 2 aromatic rings. The molecule has 0 fully saturated rings. The maximum Gasteiger partial charge on any atom is 0.438 e. The number of methoxy groups -OCH3 is 1. The van der Waals surface area contributed by atoms with Crippen molar-refractivity contribution in [2.24, 2.45) is 10.8 Å². The number of benzene rings is 2. The van der Waals surface area contributed by atoms with E-state index in [-0.39, 0.29) is 16.8 Å². The lowest BCUT2D eigenvalue weighted by atomic mass is 10.1. The van der Waals surface area contributed by atoms with Gasteiger partial charge in [0.15, 0.2) is 11.5 Å². The summed E-state index contributed by atoms with van der Waals surface area (Å²) in [6.07, 6.45) is -3.04. The topological polar surface area (TPSA) is 88.5 Å². The molecule has 3 rings (SSSR count). The van der Waals surface area contributed by atoms with Crippen molar-refractivity contribution in [2.75, 3.05) is 7.11 Å². The third-order valence-corrected chi connectivity index (χ3v) is 4.31. The molecule has 0 bridgehead atoms. The van der Waals surface area contributed by atoms with E-state index in [1.807, 2.05) is 0 Å². The Bertz CT molecular complexity index is 1090. The zero-order chi connectivity index (χ0) is 21.4. The Morgan fingerprint density at radius 3 is 2.38 bits per heavy atom. The monoisotopic (exact) mass is 405 g/mol. The molecule has 0 spiro atoms. The summed E-state index contributed by atoms with van der Waals surface area (Å²) in [6.45, 7) is 0. The van der Waals surface area contributed by atoms with Crippen LogP contribution in [-0.4, -0.2) is 24.9 Å². The molecule has 10 heteroatoms. The van der Waals surface area contributed by atoms with E-state index in [0.717, 1.165) is 18.3 Å². The van der Waals surface area contributed by atoms with Crippen molar-refractivity contribution in [3.05, 3.63) is 65.6 Å². The quantitative estimate of drug-likeness (QED) is 0.618. The van der Waals surface area contributed by atoms with E-state index in [4.69, 9.17) is 15.7 Å². The van der Waals surface area contributed by atoms with Crippen LogP contribution in [0.5, 0.6) is 5.75 Å². The maximum absolute atomic E-state index is 14.9.